The van der Waals surface area contributed by atoms with Gasteiger partial charge in [-0.05, 0) is 31.4 Å². The van der Waals surface area contributed by atoms with Crippen LogP contribution < -0.4 is 10.1 Å². The first-order valence-electron chi connectivity index (χ1n) is 9.30. The number of carbonyl (C=O) groups excluding carboxylic acids is 2. The Morgan fingerprint density at radius 2 is 2.23 bits per heavy atom. The summed E-state index contributed by atoms with van der Waals surface area (Å²) in [6.45, 7) is 3.67. The Morgan fingerprint density at radius 1 is 1.35 bits per heavy atom. The third-order valence-corrected chi connectivity index (χ3v) is 4.92. The summed E-state index contributed by atoms with van der Waals surface area (Å²) in [5.41, 5.74) is 0. The van der Waals surface area contributed by atoms with E-state index in [-0.39, 0.29) is 23.7 Å². The molecular weight excluding hydrogens is 337 g/mol. The molecular formula is C19H26FN3O3. The largest absolute Gasteiger partial charge is 0.493 e. The number of nitrogens with zero attached hydrogens (tertiary/aromatic N) is 2. The van der Waals surface area contributed by atoms with Crippen LogP contribution in [0.1, 0.15) is 25.7 Å². The number of hydrogen-bond acceptors (Lipinski definition) is 4. The minimum atomic E-state index is -0.333. The molecule has 3 rings (SSSR count). The van der Waals surface area contributed by atoms with Gasteiger partial charge in [-0.3, -0.25) is 9.59 Å². The van der Waals surface area contributed by atoms with Gasteiger partial charge in [0.25, 0.3) is 0 Å². The monoisotopic (exact) mass is 363 g/mol. The van der Waals surface area contributed by atoms with Gasteiger partial charge in [0.2, 0.25) is 11.8 Å². The van der Waals surface area contributed by atoms with Gasteiger partial charge in [0, 0.05) is 44.7 Å². The average Bonchev–Trinajstić information content (AvgIpc) is 2.65. The van der Waals surface area contributed by atoms with Crippen LogP contribution in [-0.2, 0) is 9.59 Å². The molecule has 2 fully saturated rings. The van der Waals surface area contributed by atoms with Crippen molar-refractivity contribution in [2.45, 2.75) is 31.7 Å². The molecule has 0 bridgehead atoms. The molecule has 1 N–H and O–H groups in total. The van der Waals surface area contributed by atoms with Crippen molar-refractivity contribution in [3.05, 3.63) is 30.1 Å². The first-order valence-corrected chi connectivity index (χ1v) is 9.30. The van der Waals surface area contributed by atoms with Crippen molar-refractivity contribution in [1.29, 1.82) is 0 Å². The highest BCUT2D eigenvalue weighted by molar-refractivity contribution is 5.80. The normalized spacial score (nSPS) is 21.0. The first-order chi connectivity index (χ1) is 12.6. The van der Waals surface area contributed by atoms with E-state index in [2.05, 4.69) is 5.32 Å². The lowest BCUT2D eigenvalue weighted by Crippen LogP contribution is -2.57. The van der Waals surface area contributed by atoms with E-state index in [0.29, 0.717) is 44.8 Å². The van der Waals surface area contributed by atoms with E-state index in [4.69, 9.17) is 4.74 Å². The van der Waals surface area contributed by atoms with Crippen LogP contribution in [-0.4, -0.2) is 67.0 Å². The summed E-state index contributed by atoms with van der Waals surface area (Å²) >= 11 is 0. The number of ether oxygens (including phenoxy) is 1. The van der Waals surface area contributed by atoms with Gasteiger partial charge < -0.3 is 19.9 Å². The number of piperazine rings is 1. The van der Waals surface area contributed by atoms with Crippen LogP contribution >= 0.6 is 0 Å². The summed E-state index contributed by atoms with van der Waals surface area (Å²) in [6.07, 6.45) is 2.87. The van der Waals surface area contributed by atoms with Gasteiger partial charge >= 0.3 is 0 Å². The van der Waals surface area contributed by atoms with Crippen molar-refractivity contribution >= 4 is 11.8 Å². The molecule has 1 unspecified atom stereocenters. The van der Waals surface area contributed by atoms with E-state index >= 15 is 0 Å². The van der Waals surface area contributed by atoms with E-state index < -0.39 is 0 Å². The number of likely N-dealkylation sites (tertiary alicyclic amines) is 1. The van der Waals surface area contributed by atoms with Crippen molar-refractivity contribution < 1.29 is 18.7 Å². The van der Waals surface area contributed by atoms with Crippen molar-refractivity contribution in [1.82, 2.24) is 15.1 Å². The minimum Gasteiger partial charge on any atom is -0.493 e. The molecule has 0 aliphatic carbocycles. The molecule has 0 spiro atoms. The zero-order valence-electron chi connectivity index (χ0n) is 15.0. The van der Waals surface area contributed by atoms with Gasteiger partial charge in [-0.2, -0.15) is 0 Å². The Bertz CT molecular complexity index is 640. The first kappa shape index (κ1) is 18.6. The predicted molar refractivity (Wildman–Crippen MR) is 95.3 cm³/mol. The van der Waals surface area contributed by atoms with Crippen LogP contribution in [0.4, 0.5) is 4.39 Å². The summed E-state index contributed by atoms with van der Waals surface area (Å²) < 4.78 is 18.6. The molecule has 26 heavy (non-hydrogen) atoms. The Labute approximate surface area is 153 Å². The van der Waals surface area contributed by atoms with Gasteiger partial charge in [0.05, 0.1) is 13.2 Å². The fourth-order valence-electron chi connectivity index (χ4n) is 3.57. The van der Waals surface area contributed by atoms with Crippen LogP contribution in [0.3, 0.4) is 0 Å². The summed E-state index contributed by atoms with van der Waals surface area (Å²) in [4.78, 5) is 28.3. The van der Waals surface area contributed by atoms with E-state index in [9.17, 15) is 14.0 Å². The van der Waals surface area contributed by atoms with E-state index in [1.165, 1.54) is 12.1 Å². The van der Waals surface area contributed by atoms with Crippen molar-refractivity contribution in [2.75, 3.05) is 39.3 Å². The number of carbonyl (C=O) groups is 2. The second-order valence-electron chi connectivity index (χ2n) is 6.81. The third-order valence-electron chi connectivity index (χ3n) is 4.92. The molecule has 7 heteroatoms. The van der Waals surface area contributed by atoms with E-state index in [1.54, 1.807) is 12.1 Å². The van der Waals surface area contributed by atoms with Crippen LogP contribution in [0.15, 0.2) is 24.3 Å². The maximum Gasteiger partial charge on any atom is 0.236 e. The lowest BCUT2D eigenvalue weighted by molar-refractivity contribution is -0.140. The molecule has 1 aromatic carbocycles. The quantitative estimate of drug-likeness (QED) is 0.777. The molecule has 0 saturated carbocycles. The van der Waals surface area contributed by atoms with Gasteiger partial charge in [-0.1, -0.05) is 6.07 Å². The Balaban J connectivity index is 1.41. The van der Waals surface area contributed by atoms with Crippen LogP contribution in [0, 0.1) is 5.82 Å². The Kier molecular flexibility index (Phi) is 6.44. The molecule has 6 nitrogen and oxygen atoms in total. The zero-order valence-corrected chi connectivity index (χ0v) is 15.0. The fourth-order valence-corrected chi connectivity index (χ4v) is 3.57. The van der Waals surface area contributed by atoms with Crippen molar-refractivity contribution in [3.8, 4) is 5.75 Å². The topological polar surface area (TPSA) is 61.9 Å². The predicted octanol–water partition coefficient (Wildman–Crippen LogP) is 1.41. The number of hydrogen-bond donors (Lipinski definition) is 1. The lowest BCUT2D eigenvalue weighted by atomic mass is 10.0. The third kappa shape index (κ3) is 4.94. The highest BCUT2D eigenvalue weighted by Gasteiger charge is 2.31. The van der Waals surface area contributed by atoms with Gasteiger partial charge in [0.1, 0.15) is 11.6 Å². The highest BCUT2D eigenvalue weighted by Crippen LogP contribution is 2.18. The van der Waals surface area contributed by atoms with Gasteiger partial charge in [-0.15, -0.1) is 0 Å². The number of amides is 2. The second kappa shape index (κ2) is 8.98. The van der Waals surface area contributed by atoms with Gasteiger partial charge in [-0.25, -0.2) is 4.39 Å². The van der Waals surface area contributed by atoms with E-state index in [1.807, 2.05) is 9.80 Å². The van der Waals surface area contributed by atoms with Crippen LogP contribution in [0.25, 0.3) is 0 Å². The molecule has 2 heterocycles. The maximum atomic E-state index is 13.1. The van der Waals surface area contributed by atoms with Crippen molar-refractivity contribution in [3.63, 3.8) is 0 Å². The van der Waals surface area contributed by atoms with E-state index in [0.717, 1.165) is 25.9 Å². The minimum absolute atomic E-state index is 0.0973. The summed E-state index contributed by atoms with van der Waals surface area (Å²) in [5, 5.41) is 3.08. The standard InChI is InChI=1S/C19H26FN3O3/c20-15-4-1-6-17(12-15)26-11-3-7-18(24)22-9-2-5-16(14-22)23-10-8-21-13-19(23)25/h1,4,6,12,16,21H,2-3,5,7-11,13-14H2. The summed E-state index contributed by atoms with van der Waals surface area (Å²) in [5.74, 6) is 0.368. The highest BCUT2D eigenvalue weighted by atomic mass is 19.1. The van der Waals surface area contributed by atoms with Crippen LogP contribution in [0.5, 0.6) is 5.75 Å². The lowest BCUT2D eigenvalue weighted by Gasteiger charge is -2.41. The number of rotatable bonds is 6. The smallest absolute Gasteiger partial charge is 0.236 e. The van der Waals surface area contributed by atoms with Crippen molar-refractivity contribution in [2.24, 2.45) is 0 Å². The average molecular weight is 363 g/mol. The second-order valence-corrected chi connectivity index (χ2v) is 6.81. The molecule has 1 aromatic rings. The molecule has 1 atom stereocenters. The molecule has 2 amide bonds. The maximum absolute atomic E-state index is 13.1. The number of nitrogens with one attached hydrogen (secondary N) is 1. The molecule has 2 aliphatic rings. The summed E-state index contributed by atoms with van der Waals surface area (Å²) in [6, 6.07) is 6.13. The molecule has 2 aliphatic heterocycles. The number of benzene rings is 1. The molecule has 2 saturated heterocycles. The zero-order chi connectivity index (χ0) is 18.4. The molecule has 0 aromatic heterocycles. The fraction of sp³-hybridized carbons (Fsp3) is 0.579. The molecule has 0 radical (unpaired) electrons. The summed E-state index contributed by atoms with van der Waals surface area (Å²) in [7, 11) is 0. The SMILES string of the molecule is O=C(CCCOc1cccc(F)c1)N1CCCC(N2CCNCC2=O)C1. The van der Waals surface area contributed by atoms with Crippen LogP contribution in [0.2, 0.25) is 0 Å². The molecule has 142 valence electrons. The Morgan fingerprint density at radius 3 is 3.04 bits per heavy atom. The Hall–Kier alpha value is -2.15. The van der Waals surface area contributed by atoms with Gasteiger partial charge in [0.15, 0.2) is 0 Å². The number of piperidine rings is 1. The number of halogens is 1.